The van der Waals surface area contributed by atoms with E-state index < -0.39 is 7.69 Å². The molecule has 0 spiro atoms. The molecule has 4 aromatic carbocycles. The van der Waals surface area contributed by atoms with Crippen molar-refractivity contribution < 1.29 is 24.8 Å². The summed E-state index contributed by atoms with van der Waals surface area (Å²) in [6.07, 6.45) is 13.2. The fraction of sp³-hybridized carbons (Fsp3) is 0.156. The topological polar surface area (TPSA) is 99.1 Å². The molecule has 0 amide bonds. The summed E-state index contributed by atoms with van der Waals surface area (Å²) in [5, 5.41) is 5.62. The first-order chi connectivity index (χ1) is 29.2. The molecule has 0 saturated heterocycles. The van der Waals surface area contributed by atoms with Crippen LogP contribution in [0.5, 0.6) is 0 Å². The summed E-state index contributed by atoms with van der Waals surface area (Å²) in [7, 11) is 2.35. The van der Waals surface area contributed by atoms with Gasteiger partial charge in [-0.15, -0.1) is 38.1 Å². The molecule has 60 heavy (non-hydrogen) atoms. The van der Waals surface area contributed by atoms with Crippen LogP contribution in [0.15, 0.2) is 134 Å². The van der Waals surface area contributed by atoms with Crippen molar-refractivity contribution in [2.24, 2.45) is 7.05 Å². The van der Waals surface area contributed by atoms with Gasteiger partial charge < -0.3 is 19.6 Å². The Kier molecular flexibility index (Phi) is 13.3. The van der Waals surface area contributed by atoms with Gasteiger partial charge in [0, 0.05) is 56.3 Å². The molecular weight excluding hydrogens is 963 g/mol. The molecule has 12 nitrogen and oxygen atoms in total. The SMILES string of the molecule is Cn1n[n+](Cc2ccccc2)[c-]c1-c1[c-]p(Cc2ccccc2)np1.[Ir].[c-]1ccccc1N1[CH-]N(CCCCN2[CH-]N(c3[c-]cccc3)c3nccnc32)c2nccnc21. The number of rotatable bonds is 12. The van der Waals surface area contributed by atoms with E-state index in [9.17, 15) is 0 Å². The van der Waals surface area contributed by atoms with E-state index in [0.29, 0.717) is 0 Å². The quantitative estimate of drug-likeness (QED) is 0.0674. The zero-order valence-corrected chi connectivity index (χ0v) is 36.9. The minimum atomic E-state index is -0.580. The number of nitrogens with zero attached hydrogens (tertiary/aromatic N) is 12. The van der Waals surface area contributed by atoms with Gasteiger partial charge in [0.1, 0.15) is 29.8 Å². The Bertz CT molecular complexity index is 2480. The number of anilines is 6. The van der Waals surface area contributed by atoms with Crippen molar-refractivity contribution in [2.75, 3.05) is 32.7 Å². The molecule has 1 radical (unpaired) electrons. The van der Waals surface area contributed by atoms with Gasteiger partial charge in [-0.2, -0.15) is 60.7 Å². The Balaban J connectivity index is 0.000000171. The first kappa shape index (κ1) is 40.9. The van der Waals surface area contributed by atoms with E-state index in [2.05, 4.69) is 109 Å². The van der Waals surface area contributed by atoms with Crippen molar-refractivity contribution in [2.45, 2.75) is 25.5 Å². The van der Waals surface area contributed by atoms with E-state index >= 15 is 0 Å². The number of unbranched alkanes of at least 4 members (excludes halogenated alkanes) is 1. The van der Waals surface area contributed by atoms with Crippen molar-refractivity contribution in [1.82, 2.24) is 34.3 Å². The standard InChI is InChI=1S/C26H22N8.C19H17N4P2.Ir/c1-3-9-21(10-4-1)33-19-31(23-25(33)29-15-13-27-23)17-7-8-18-32-20-34(22-11-5-2-6-12-22)26-24(32)28-14-16-30-26;1-22-18(13-23(20-22)12-16-8-4-2-5-9-16)19-15-25(21-24-19)14-17-10-6-3-7-11-17;/h1-6,9,11,13-16,19-20H,7-8,17-18H2;2-11H,12,14H2,1H3;/q-4;-1;. The summed E-state index contributed by atoms with van der Waals surface area (Å²) in [5.74, 6) is 6.97. The molecule has 8 aromatic rings. The number of para-hydroxylation sites is 2. The molecule has 2 aliphatic heterocycles. The summed E-state index contributed by atoms with van der Waals surface area (Å²) in [6, 6.07) is 43.1. The molecule has 4 aromatic heterocycles. The van der Waals surface area contributed by atoms with Crippen LogP contribution in [-0.4, -0.2) is 47.4 Å². The Morgan fingerprint density at radius 3 is 1.70 bits per heavy atom. The number of fused-ring (bicyclic) bond motifs is 2. The van der Waals surface area contributed by atoms with Crippen LogP contribution in [0.25, 0.3) is 11.0 Å². The number of benzene rings is 4. The molecule has 0 saturated carbocycles. The van der Waals surface area contributed by atoms with Crippen molar-refractivity contribution in [3.8, 4) is 11.0 Å². The smallest absolute Gasteiger partial charge is 0.143 e. The van der Waals surface area contributed by atoms with Crippen molar-refractivity contribution >= 4 is 50.7 Å². The zero-order chi connectivity index (χ0) is 39.8. The molecule has 10 rings (SSSR count). The van der Waals surface area contributed by atoms with Crippen LogP contribution in [0, 0.1) is 37.5 Å². The summed E-state index contributed by atoms with van der Waals surface area (Å²) >= 11 is 0. The molecule has 0 aliphatic carbocycles. The molecule has 303 valence electrons. The van der Waals surface area contributed by atoms with Crippen LogP contribution in [-0.2, 0) is 39.9 Å². The summed E-state index contributed by atoms with van der Waals surface area (Å²) in [6.45, 7) is 6.52. The van der Waals surface area contributed by atoms with Crippen LogP contribution >= 0.6 is 16.0 Å². The van der Waals surface area contributed by atoms with Crippen LogP contribution in [0.3, 0.4) is 0 Å². The maximum Gasteiger partial charge on any atom is 0.143 e. The summed E-state index contributed by atoms with van der Waals surface area (Å²) < 4.78 is 8.47. The predicted octanol–water partition coefficient (Wildman–Crippen LogP) is 8.53. The third-order valence-corrected chi connectivity index (χ3v) is 12.7. The third kappa shape index (κ3) is 9.46. The fourth-order valence-electron chi connectivity index (χ4n) is 6.85. The normalized spacial score (nSPS) is 13.2. The Labute approximate surface area is 366 Å². The summed E-state index contributed by atoms with van der Waals surface area (Å²) in [4.78, 5) is 26.7. The first-order valence-corrected chi connectivity index (χ1v) is 21.6. The van der Waals surface area contributed by atoms with E-state index in [0.717, 1.165) is 92.6 Å². The second-order valence-corrected chi connectivity index (χ2v) is 16.5. The molecule has 0 bridgehead atoms. The van der Waals surface area contributed by atoms with E-state index in [4.69, 9.17) is 4.51 Å². The van der Waals surface area contributed by atoms with Gasteiger partial charge in [-0.3, -0.25) is 10.3 Å². The maximum atomic E-state index is 4.74. The number of aryl methyl sites for hydroxylation is 1. The molecule has 0 fully saturated rings. The molecule has 1 unspecified atom stereocenters. The minimum Gasteiger partial charge on any atom is -0.485 e. The van der Waals surface area contributed by atoms with Gasteiger partial charge in [-0.25, -0.2) is 34.6 Å². The van der Waals surface area contributed by atoms with Gasteiger partial charge in [0.15, 0.2) is 0 Å². The van der Waals surface area contributed by atoms with Crippen LogP contribution < -0.4 is 24.3 Å². The van der Waals surface area contributed by atoms with E-state index in [1.807, 2.05) is 99.0 Å². The largest absolute Gasteiger partial charge is 0.485 e. The van der Waals surface area contributed by atoms with Gasteiger partial charge in [-0.1, -0.05) is 75.2 Å². The molecule has 6 heterocycles. The third-order valence-electron chi connectivity index (χ3n) is 9.65. The second-order valence-electron chi connectivity index (χ2n) is 13.8. The average molecular weight is 1000 g/mol. The Morgan fingerprint density at radius 2 is 1.17 bits per heavy atom. The molecule has 0 N–H and O–H groups in total. The first-order valence-electron chi connectivity index (χ1n) is 19.3. The van der Waals surface area contributed by atoms with Crippen LogP contribution in [0.2, 0.25) is 0 Å². The van der Waals surface area contributed by atoms with Gasteiger partial charge in [0.05, 0.1) is 7.05 Å². The monoisotopic (exact) mass is 1000 g/mol. The van der Waals surface area contributed by atoms with E-state index in [1.54, 1.807) is 24.8 Å². The van der Waals surface area contributed by atoms with Crippen molar-refractivity contribution in [3.05, 3.63) is 183 Å². The predicted molar refractivity (Wildman–Crippen MR) is 232 cm³/mol. The van der Waals surface area contributed by atoms with Gasteiger partial charge in [-0.05, 0) is 37.1 Å². The van der Waals surface area contributed by atoms with Gasteiger partial charge in [0.2, 0.25) is 0 Å². The molecule has 1 atom stereocenters. The van der Waals surface area contributed by atoms with Crippen molar-refractivity contribution in [3.63, 3.8) is 0 Å². The minimum absolute atomic E-state index is 0. The average Bonchev–Trinajstić information content (AvgIpc) is 4.09. The van der Waals surface area contributed by atoms with Crippen LogP contribution in [0.1, 0.15) is 24.0 Å². The zero-order valence-electron chi connectivity index (χ0n) is 32.7. The van der Waals surface area contributed by atoms with Gasteiger partial charge >= 0.3 is 0 Å². The van der Waals surface area contributed by atoms with Crippen molar-refractivity contribution in [1.29, 1.82) is 0 Å². The molecule has 2 aliphatic rings. The molecular formula is C45H39IrN12P2-5. The maximum absolute atomic E-state index is 4.74. The van der Waals surface area contributed by atoms with E-state index in [1.165, 1.54) is 11.1 Å². The number of aromatic nitrogens is 8. The van der Waals surface area contributed by atoms with Crippen LogP contribution in [0.4, 0.5) is 34.6 Å². The Hall–Kier alpha value is -5.83. The molecule has 15 heteroatoms. The Morgan fingerprint density at radius 1 is 0.650 bits per heavy atom. The number of hydrogen-bond acceptors (Lipinski definition) is 10. The number of hydrogen-bond donors (Lipinski definition) is 0. The fourth-order valence-corrected chi connectivity index (χ4v) is 9.87. The second kappa shape index (κ2) is 19.5. The summed E-state index contributed by atoms with van der Waals surface area (Å²) in [5.41, 5.74) is 5.40. The van der Waals surface area contributed by atoms with Gasteiger partial charge in [0.25, 0.3) is 0 Å². The van der Waals surface area contributed by atoms with E-state index in [-0.39, 0.29) is 20.1 Å².